The number of nitrogens with zero attached hydrogens (tertiary/aromatic N) is 1. The summed E-state index contributed by atoms with van der Waals surface area (Å²) < 4.78 is 0. The summed E-state index contributed by atoms with van der Waals surface area (Å²) >= 11 is 0. The highest BCUT2D eigenvalue weighted by Gasteiger charge is 2.33. The number of amides is 2. The van der Waals surface area contributed by atoms with E-state index in [1.54, 1.807) is 24.3 Å². The molecule has 0 saturated carbocycles. The van der Waals surface area contributed by atoms with Crippen molar-refractivity contribution in [3.8, 4) is 0 Å². The summed E-state index contributed by atoms with van der Waals surface area (Å²) in [4.78, 5) is 34.8. The van der Waals surface area contributed by atoms with Crippen molar-refractivity contribution in [1.29, 1.82) is 0 Å². The maximum absolute atomic E-state index is 11.8. The first-order valence-electron chi connectivity index (χ1n) is 4.81. The normalized spacial score (nSPS) is 14.6. The Kier molecular flexibility index (Phi) is 2.64. The first-order chi connectivity index (χ1) is 7.75. The van der Waals surface area contributed by atoms with Crippen LogP contribution >= 0.6 is 0 Å². The van der Waals surface area contributed by atoms with Gasteiger partial charge in [-0.15, -0.1) is 0 Å². The topological polar surface area (TPSA) is 54.5 Å². The molecule has 0 saturated heterocycles. The zero-order chi connectivity index (χ0) is 11.5. The number of fused-ring (bicyclic) bond motifs is 1. The van der Waals surface area contributed by atoms with Gasteiger partial charge in [-0.25, -0.2) is 0 Å². The average molecular weight is 215 g/mol. The minimum absolute atomic E-state index is 0.130. The predicted molar refractivity (Wildman–Crippen MR) is 57.0 cm³/mol. The molecule has 4 heteroatoms. The van der Waals surface area contributed by atoms with E-state index >= 15 is 0 Å². The molecule has 16 heavy (non-hydrogen) atoms. The minimum atomic E-state index is -0.309. The van der Waals surface area contributed by atoms with E-state index in [9.17, 15) is 14.4 Å². The van der Waals surface area contributed by atoms with Gasteiger partial charge in [0.1, 0.15) is 6.29 Å². The largest absolute Gasteiger partial charge is 0.299 e. The van der Waals surface area contributed by atoms with Crippen molar-refractivity contribution in [2.24, 2.45) is 0 Å². The second-order valence-corrected chi connectivity index (χ2v) is 3.33. The van der Waals surface area contributed by atoms with Crippen LogP contribution < -0.4 is 0 Å². The van der Waals surface area contributed by atoms with Crippen LogP contribution in [0.3, 0.4) is 0 Å². The average Bonchev–Trinajstić information content (AvgIpc) is 2.55. The van der Waals surface area contributed by atoms with Crippen LogP contribution in [0.1, 0.15) is 20.7 Å². The lowest BCUT2D eigenvalue weighted by atomic mass is 10.1. The maximum Gasteiger partial charge on any atom is 0.261 e. The van der Waals surface area contributed by atoms with E-state index in [4.69, 9.17) is 0 Å². The molecular weight excluding hydrogens is 206 g/mol. The number of carbonyl (C=O) groups is 3. The van der Waals surface area contributed by atoms with Crippen molar-refractivity contribution in [2.45, 2.75) is 0 Å². The second kappa shape index (κ2) is 4.10. The van der Waals surface area contributed by atoms with Crippen molar-refractivity contribution in [3.63, 3.8) is 0 Å². The quantitative estimate of drug-likeness (QED) is 0.430. The van der Waals surface area contributed by atoms with Crippen LogP contribution in [0.2, 0.25) is 0 Å². The fourth-order valence-corrected chi connectivity index (χ4v) is 1.63. The van der Waals surface area contributed by atoms with Crippen LogP contribution in [-0.4, -0.2) is 29.5 Å². The van der Waals surface area contributed by atoms with Gasteiger partial charge in [-0.05, 0) is 18.2 Å². The van der Waals surface area contributed by atoms with Gasteiger partial charge in [-0.2, -0.15) is 0 Å². The van der Waals surface area contributed by atoms with E-state index in [-0.39, 0.29) is 18.4 Å². The summed E-state index contributed by atoms with van der Waals surface area (Å²) in [5.41, 5.74) is 0.846. The number of imide groups is 1. The molecule has 0 bridgehead atoms. The van der Waals surface area contributed by atoms with Crippen molar-refractivity contribution < 1.29 is 14.4 Å². The molecule has 1 aliphatic heterocycles. The first kappa shape index (κ1) is 10.3. The highest BCUT2D eigenvalue weighted by Crippen LogP contribution is 2.21. The number of rotatable bonds is 3. The number of aldehydes is 1. The summed E-state index contributed by atoms with van der Waals surface area (Å²) in [6, 6.07) is 6.68. The summed E-state index contributed by atoms with van der Waals surface area (Å²) in [5.74, 6) is -0.618. The summed E-state index contributed by atoms with van der Waals surface area (Å²) in [6.45, 7) is 0.130. The first-order valence-corrected chi connectivity index (χ1v) is 4.81. The van der Waals surface area contributed by atoms with Gasteiger partial charge in [0.15, 0.2) is 0 Å². The van der Waals surface area contributed by atoms with Gasteiger partial charge in [0, 0.05) is 6.54 Å². The Morgan fingerprint density at radius 3 is 2.12 bits per heavy atom. The Balaban J connectivity index is 2.28. The lowest BCUT2D eigenvalue weighted by Crippen LogP contribution is -2.29. The number of allylic oxidation sites excluding steroid dienone is 1. The molecule has 1 aliphatic rings. The van der Waals surface area contributed by atoms with Crippen molar-refractivity contribution >= 4 is 18.1 Å². The third kappa shape index (κ3) is 1.54. The molecule has 1 aromatic rings. The third-order valence-corrected chi connectivity index (χ3v) is 2.38. The molecule has 0 aromatic heterocycles. The molecule has 0 spiro atoms. The maximum atomic E-state index is 11.8. The molecule has 2 amide bonds. The fourth-order valence-electron chi connectivity index (χ4n) is 1.63. The molecule has 2 rings (SSSR count). The zero-order valence-electron chi connectivity index (χ0n) is 8.42. The predicted octanol–water partition coefficient (Wildman–Crippen LogP) is 1.04. The number of carbonyl (C=O) groups excluding carboxylic acids is 3. The molecule has 0 atom stereocenters. The van der Waals surface area contributed by atoms with Crippen LogP contribution in [0.15, 0.2) is 36.4 Å². The molecule has 0 fully saturated rings. The van der Waals surface area contributed by atoms with Gasteiger partial charge in [0.25, 0.3) is 11.8 Å². The molecule has 0 radical (unpaired) electrons. The zero-order valence-corrected chi connectivity index (χ0v) is 8.42. The van der Waals surface area contributed by atoms with Crippen LogP contribution in [0.5, 0.6) is 0 Å². The van der Waals surface area contributed by atoms with E-state index in [0.717, 1.165) is 4.90 Å². The number of hydrogen-bond donors (Lipinski definition) is 0. The molecule has 1 aromatic carbocycles. The van der Waals surface area contributed by atoms with Crippen LogP contribution in [0.25, 0.3) is 0 Å². The smallest absolute Gasteiger partial charge is 0.261 e. The molecule has 4 nitrogen and oxygen atoms in total. The summed E-state index contributed by atoms with van der Waals surface area (Å²) in [6.07, 6.45) is 3.36. The van der Waals surface area contributed by atoms with E-state index in [1.807, 2.05) is 0 Å². The van der Waals surface area contributed by atoms with Crippen LogP contribution in [0.4, 0.5) is 0 Å². The van der Waals surface area contributed by atoms with Crippen LogP contribution in [0, 0.1) is 0 Å². The van der Waals surface area contributed by atoms with Gasteiger partial charge in [-0.1, -0.05) is 18.2 Å². The third-order valence-electron chi connectivity index (χ3n) is 2.38. The van der Waals surface area contributed by atoms with Crippen molar-refractivity contribution in [1.82, 2.24) is 4.90 Å². The van der Waals surface area contributed by atoms with E-state index in [2.05, 4.69) is 0 Å². The Labute approximate surface area is 92.2 Å². The Morgan fingerprint density at radius 1 is 1.06 bits per heavy atom. The Bertz CT molecular complexity index is 456. The van der Waals surface area contributed by atoms with E-state index < -0.39 is 0 Å². The lowest BCUT2D eigenvalue weighted by molar-refractivity contribution is -0.104. The van der Waals surface area contributed by atoms with Crippen molar-refractivity contribution in [3.05, 3.63) is 47.5 Å². The SMILES string of the molecule is O=C/C=C/CN1C(=O)c2ccccc2C1=O. The molecule has 0 unspecified atom stereocenters. The molecule has 1 heterocycles. The molecular formula is C12H9NO3. The van der Waals surface area contributed by atoms with E-state index in [1.165, 1.54) is 12.2 Å². The minimum Gasteiger partial charge on any atom is -0.299 e. The van der Waals surface area contributed by atoms with Gasteiger partial charge in [-0.3, -0.25) is 19.3 Å². The Morgan fingerprint density at radius 2 is 1.62 bits per heavy atom. The molecule has 0 N–H and O–H groups in total. The van der Waals surface area contributed by atoms with Gasteiger partial charge in [0.2, 0.25) is 0 Å². The fraction of sp³-hybridized carbons (Fsp3) is 0.0833. The summed E-state index contributed by atoms with van der Waals surface area (Å²) in [7, 11) is 0. The van der Waals surface area contributed by atoms with Gasteiger partial charge in [0.05, 0.1) is 11.1 Å². The molecule has 80 valence electrons. The number of hydrogen-bond acceptors (Lipinski definition) is 3. The highest BCUT2D eigenvalue weighted by molar-refractivity contribution is 6.21. The second-order valence-electron chi connectivity index (χ2n) is 3.33. The molecule has 0 aliphatic carbocycles. The van der Waals surface area contributed by atoms with E-state index in [0.29, 0.717) is 17.4 Å². The van der Waals surface area contributed by atoms with Gasteiger partial charge >= 0.3 is 0 Å². The van der Waals surface area contributed by atoms with Crippen LogP contribution in [-0.2, 0) is 4.79 Å². The number of benzene rings is 1. The standard InChI is InChI=1S/C12H9NO3/c14-8-4-3-7-13-11(15)9-5-1-2-6-10(9)12(13)16/h1-6,8H,7H2/b4-3+. The lowest BCUT2D eigenvalue weighted by Gasteiger charge is -2.09. The van der Waals surface area contributed by atoms with Gasteiger partial charge < -0.3 is 0 Å². The highest BCUT2D eigenvalue weighted by atomic mass is 16.2. The monoisotopic (exact) mass is 215 g/mol. The van der Waals surface area contributed by atoms with Crippen molar-refractivity contribution in [2.75, 3.05) is 6.54 Å². The summed E-state index contributed by atoms with van der Waals surface area (Å²) in [5, 5.41) is 0. The Hall–Kier alpha value is -2.23.